The summed E-state index contributed by atoms with van der Waals surface area (Å²) in [6.07, 6.45) is 1.35. The van der Waals surface area contributed by atoms with E-state index in [0.29, 0.717) is 6.42 Å². The molecule has 162 valence electrons. The Kier molecular flexibility index (Phi) is 4.17. The van der Waals surface area contributed by atoms with Crippen LogP contribution in [0.1, 0.15) is 52.9 Å². The minimum Gasteiger partial charge on any atom is -0.461 e. The third-order valence-corrected chi connectivity index (χ3v) is 9.53. The van der Waals surface area contributed by atoms with Gasteiger partial charge in [-0.2, -0.15) is 0 Å². The summed E-state index contributed by atoms with van der Waals surface area (Å²) >= 11 is 0. The first kappa shape index (κ1) is 20.0. The van der Waals surface area contributed by atoms with Crippen molar-refractivity contribution in [3.8, 4) is 0 Å². The van der Waals surface area contributed by atoms with Crippen LogP contribution in [0, 0.1) is 34.0 Å². The molecule has 0 unspecified atom stereocenters. The molecule has 4 aliphatic carbocycles. The van der Waals surface area contributed by atoms with Gasteiger partial charge in [-0.1, -0.05) is 20.4 Å². The van der Waals surface area contributed by atoms with Crippen molar-refractivity contribution < 1.29 is 29.2 Å². The average Bonchev–Trinajstić information content (AvgIpc) is 2.79. The van der Waals surface area contributed by atoms with E-state index in [1.807, 2.05) is 0 Å². The first-order valence-electron chi connectivity index (χ1n) is 11.0. The largest absolute Gasteiger partial charge is 0.461 e. The normalized spacial score (nSPS) is 54.6. The van der Waals surface area contributed by atoms with Crippen molar-refractivity contribution >= 4 is 5.97 Å². The van der Waals surface area contributed by atoms with Gasteiger partial charge in [-0.25, -0.2) is 0 Å². The Hall–Kier alpha value is -0.950. The van der Waals surface area contributed by atoms with E-state index in [-0.39, 0.29) is 35.2 Å². The number of carbonyl (C=O) groups excluding carboxylic acids is 1. The van der Waals surface area contributed by atoms with Crippen LogP contribution in [0.2, 0.25) is 0 Å². The molecule has 0 aromatic carbocycles. The van der Waals surface area contributed by atoms with E-state index in [0.717, 1.165) is 31.3 Å². The molecule has 2 aliphatic heterocycles. The van der Waals surface area contributed by atoms with E-state index in [9.17, 15) is 15.0 Å². The Bertz CT molecular complexity index is 748. The monoisotopic (exact) mass is 406 g/mol. The van der Waals surface area contributed by atoms with Gasteiger partial charge in [0.1, 0.15) is 6.10 Å². The summed E-state index contributed by atoms with van der Waals surface area (Å²) in [4.78, 5) is 12.0. The van der Waals surface area contributed by atoms with E-state index < -0.39 is 35.4 Å². The smallest absolute Gasteiger partial charge is 0.302 e. The summed E-state index contributed by atoms with van der Waals surface area (Å²) in [6.45, 7) is 10.2. The van der Waals surface area contributed by atoms with E-state index in [1.54, 1.807) is 7.11 Å². The van der Waals surface area contributed by atoms with Crippen LogP contribution in [-0.4, -0.2) is 54.0 Å². The number of fused-ring (bicyclic) bond motifs is 2. The second kappa shape index (κ2) is 6.06. The van der Waals surface area contributed by atoms with Gasteiger partial charge in [-0.05, 0) is 54.9 Å². The zero-order valence-electron chi connectivity index (χ0n) is 17.9. The lowest BCUT2D eigenvalue weighted by Gasteiger charge is -2.74. The Balaban J connectivity index is 1.73. The topological polar surface area (TPSA) is 85.2 Å². The molecular formula is C23H34O6. The van der Waals surface area contributed by atoms with Crippen molar-refractivity contribution in [3.63, 3.8) is 0 Å². The first-order chi connectivity index (χ1) is 13.6. The predicted octanol–water partition coefficient (Wildman–Crippen LogP) is 2.42. The molecule has 6 rings (SSSR count). The Morgan fingerprint density at radius 1 is 1.17 bits per heavy atom. The third kappa shape index (κ3) is 2.09. The quantitative estimate of drug-likeness (QED) is 0.541. The highest BCUT2D eigenvalue weighted by Crippen LogP contribution is 2.76. The summed E-state index contributed by atoms with van der Waals surface area (Å²) in [7, 11) is 1.65. The number of hydrogen-bond donors (Lipinski definition) is 2. The summed E-state index contributed by atoms with van der Waals surface area (Å²) in [6, 6.07) is 0. The highest BCUT2D eigenvalue weighted by molar-refractivity contribution is 5.66. The molecule has 0 radical (unpaired) electrons. The maximum atomic E-state index is 12.0. The minimum atomic E-state index is -0.804. The van der Waals surface area contributed by atoms with Crippen molar-refractivity contribution in [2.75, 3.05) is 7.11 Å². The van der Waals surface area contributed by atoms with Gasteiger partial charge in [0.05, 0.1) is 29.1 Å². The third-order valence-electron chi connectivity index (χ3n) is 9.53. The molecule has 0 aromatic heterocycles. The molecule has 4 saturated carbocycles. The number of esters is 1. The van der Waals surface area contributed by atoms with Crippen molar-refractivity contribution in [1.29, 1.82) is 0 Å². The molecule has 6 aliphatic rings. The zero-order chi connectivity index (χ0) is 20.9. The highest BCUT2D eigenvalue weighted by atomic mass is 16.7. The summed E-state index contributed by atoms with van der Waals surface area (Å²) < 4.78 is 18.3. The number of hydrogen-bond acceptors (Lipinski definition) is 6. The number of ether oxygens (including phenoxy) is 3. The van der Waals surface area contributed by atoms with Gasteiger partial charge < -0.3 is 24.4 Å². The number of carbonyl (C=O) groups is 1. The summed E-state index contributed by atoms with van der Waals surface area (Å²) in [5, 5.41) is 23.1. The second-order valence-electron chi connectivity index (χ2n) is 10.8. The molecule has 2 heterocycles. The maximum Gasteiger partial charge on any atom is 0.302 e. The molecule has 6 nitrogen and oxygen atoms in total. The van der Waals surface area contributed by atoms with Crippen LogP contribution in [0.5, 0.6) is 0 Å². The van der Waals surface area contributed by atoms with Crippen molar-refractivity contribution in [2.45, 2.75) is 83.6 Å². The van der Waals surface area contributed by atoms with Gasteiger partial charge >= 0.3 is 5.97 Å². The van der Waals surface area contributed by atoms with Crippen LogP contribution < -0.4 is 0 Å². The SMILES string of the molecule is C=C1[C@@H](O)[C@@]23[C@@H](CC[C@@H]1[C@H]2OC(C)=O)[C@@]12[C@H](OC)O[C@@H]3C[C@@H]1C(C)(C)CC[C@@H]2O. The molecule has 2 spiro atoms. The molecule has 4 bridgehead atoms. The number of aliphatic hydroxyl groups excluding tert-OH is 2. The van der Waals surface area contributed by atoms with E-state index >= 15 is 0 Å². The Labute approximate surface area is 172 Å². The molecular weight excluding hydrogens is 372 g/mol. The van der Waals surface area contributed by atoms with E-state index in [1.165, 1.54) is 6.92 Å². The molecule has 10 atom stereocenters. The summed E-state index contributed by atoms with van der Waals surface area (Å²) in [5.74, 6) is -0.238. The molecule has 0 aromatic rings. The second-order valence-corrected chi connectivity index (χ2v) is 10.8. The minimum absolute atomic E-state index is 0.0357. The molecule has 6 fully saturated rings. The van der Waals surface area contributed by atoms with Crippen molar-refractivity contribution in [3.05, 3.63) is 12.2 Å². The fourth-order valence-corrected chi connectivity index (χ4v) is 8.62. The van der Waals surface area contributed by atoms with Gasteiger partial charge in [-0.3, -0.25) is 4.79 Å². The van der Waals surface area contributed by atoms with Gasteiger partial charge in [0.25, 0.3) is 0 Å². The van der Waals surface area contributed by atoms with Crippen LogP contribution in [0.3, 0.4) is 0 Å². The van der Waals surface area contributed by atoms with Crippen LogP contribution in [0.4, 0.5) is 0 Å². The van der Waals surface area contributed by atoms with Crippen molar-refractivity contribution in [1.82, 2.24) is 0 Å². The van der Waals surface area contributed by atoms with Gasteiger partial charge in [0, 0.05) is 20.0 Å². The van der Waals surface area contributed by atoms with Gasteiger partial charge in [-0.15, -0.1) is 0 Å². The van der Waals surface area contributed by atoms with Gasteiger partial charge in [0.2, 0.25) is 0 Å². The number of rotatable bonds is 2. The van der Waals surface area contributed by atoms with Gasteiger partial charge in [0.15, 0.2) is 6.29 Å². The Morgan fingerprint density at radius 2 is 1.90 bits per heavy atom. The molecule has 6 heteroatoms. The molecule has 0 amide bonds. The van der Waals surface area contributed by atoms with E-state index in [4.69, 9.17) is 14.2 Å². The Morgan fingerprint density at radius 3 is 2.55 bits per heavy atom. The number of methoxy groups -OCH3 is 1. The molecule has 29 heavy (non-hydrogen) atoms. The molecule has 2 N–H and O–H groups in total. The summed E-state index contributed by atoms with van der Waals surface area (Å²) in [5.41, 5.74) is -0.596. The number of aliphatic hydroxyl groups is 2. The fourth-order valence-electron chi connectivity index (χ4n) is 8.62. The van der Waals surface area contributed by atoms with Crippen LogP contribution >= 0.6 is 0 Å². The first-order valence-corrected chi connectivity index (χ1v) is 11.0. The lowest BCUT2D eigenvalue weighted by Crippen LogP contribution is -2.79. The van der Waals surface area contributed by atoms with E-state index in [2.05, 4.69) is 20.4 Å². The average molecular weight is 407 g/mol. The predicted molar refractivity (Wildman–Crippen MR) is 105 cm³/mol. The van der Waals surface area contributed by atoms with Crippen LogP contribution in [-0.2, 0) is 19.0 Å². The van der Waals surface area contributed by atoms with Crippen LogP contribution in [0.25, 0.3) is 0 Å². The van der Waals surface area contributed by atoms with Crippen molar-refractivity contribution in [2.24, 2.45) is 34.0 Å². The van der Waals surface area contributed by atoms with Crippen LogP contribution in [0.15, 0.2) is 12.2 Å². The maximum absolute atomic E-state index is 12.0. The lowest BCUT2D eigenvalue weighted by molar-refractivity contribution is -0.420. The fraction of sp³-hybridized carbons (Fsp3) is 0.870. The molecule has 2 saturated heterocycles. The lowest BCUT2D eigenvalue weighted by atomic mass is 9.36. The zero-order valence-corrected chi connectivity index (χ0v) is 17.9. The highest BCUT2D eigenvalue weighted by Gasteiger charge is 2.82. The standard InChI is InChI=1S/C23H34O6/c1-11-13-6-7-14-22-15(21(3,4)9-8-16(22)25)10-17(29-20(22)27-5)23(14,18(11)26)19(13)28-12(2)24/h13-20,25-26H,1,6-10H2,2-5H3/t13-,14-,15+,16-,17+,18+,19+,20+,22+,23-/m0/s1.